The standard InChI is InChI=1S/C25H26FNO7S/c1-31-15-14-27(25(28)21-6-4-5-7-22(21)32-2)17-18-8-13-23(33-3)24(16-18)34-35(29,30)20-11-9-19(26)10-12-20/h4-13,16H,14-15,17H2,1-3H3. The van der Waals surface area contributed by atoms with Crippen LogP contribution in [0.5, 0.6) is 17.2 Å². The molecule has 10 heteroatoms. The third kappa shape index (κ3) is 6.49. The summed E-state index contributed by atoms with van der Waals surface area (Å²) in [5, 5.41) is 0. The average molecular weight is 504 g/mol. The molecule has 0 heterocycles. The van der Waals surface area contributed by atoms with Crippen LogP contribution in [0.2, 0.25) is 0 Å². The third-order valence-corrected chi connectivity index (χ3v) is 6.34. The summed E-state index contributed by atoms with van der Waals surface area (Å²) in [6, 6.07) is 15.9. The number of carbonyl (C=O) groups excluding carboxylic acids is 1. The topological polar surface area (TPSA) is 91.4 Å². The van der Waals surface area contributed by atoms with Gasteiger partial charge in [-0.25, -0.2) is 4.39 Å². The molecule has 186 valence electrons. The Morgan fingerprint density at radius 2 is 1.57 bits per heavy atom. The molecule has 0 atom stereocenters. The van der Waals surface area contributed by atoms with Crippen molar-refractivity contribution >= 4 is 16.0 Å². The fourth-order valence-corrected chi connectivity index (χ4v) is 4.25. The number of benzene rings is 3. The zero-order valence-corrected chi connectivity index (χ0v) is 20.4. The van der Waals surface area contributed by atoms with Crippen molar-refractivity contribution in [2.24, 2.45) is 0 Å². The van der Waals surface area contributed by atoms with E-state index in [0.717, 1.165) is 24.3 Å². The van der Waals surface area contributed by atoms with Crippen LogP contribution in [-0.4, -0.2) is 53.7 Å². The van der Waals surface area contributed by atoms with Gasteiger partial charge in [-0.2, -0.15) is 8.42 Å². The van der Waals surface area contributed by atoms with E-state index in [1.54, 1.807) is 41.3 Å². The van der Waals surface area contributed by atoms with Gasteiger partial charge in [-0.15, -0.1) is 0 Å². The first-order chi connectivity index (χ1) is 16.8. The molecule has 3 aromatic rings. The molecule has 0 N–H and O–H groups in total. The van der Waals surface area contributed by atoms with Gasteiger partial charge in [0.15, 0.2) is 11.5 Å². The predicted octanol–water partition coefficient (Wildman–Crippen LogP) is 3.90. The lowest BCUT2D eigenvalue weighted by Crippen LogP contribution is -2.33. The normalized spacial score (nSPS) is 11.1. The molecule has 3 aromatic carbocycles. The van der Waals surface area contributed by atoms with Crippen LogP contribution < -0.4 is 13.7 Å². The lowest BCUT2D eigenvalue weighted by Gasteiger charge is -2.24. The zero-order chi connectivity index (χ0) is 25.4. The summed E-state index contributed by atoms with van der Waals surface area (Å²) < 4.78 is 59.7. The van der Waals surface area contributed by atoms with Gasteiger partial charge in [0, 0.05) is 20.2 Å². The van der Waals surface area contributed by atoms with Crippen molar-refractivity contribution in [3.05, 3.63) is 83.7 Å². The van der Waals surface area contributed by atoms with Crippen molar-refractivity contribution in [2.45, 2.75) is 11.4 Å². The third-order valence-electron chi connectivity index (χ3n) is 5.09. The number of halogens is 1. The van der Waals surface area contributed by atoms with Gasteiger partial charge in [0.2, 0.25) is 0 Å². The van der Waals surface area contributed by atoms with Gasteiger partial charge < -0.3 is 23.3 Å². The maximum absolute atomic E-state index is 13.3. The molecule has 0 saturated carbocycles. The fourth-order valence-electron chi connectivity index (χ4n) is 3.32. The number of hydrogen-bond acceptors (Lipinski definition) is 7. The number of rotatable bonds is 11. The molecule has 0 fully saturated rings. The zero-order valence-electron chi connectivity index (χ0n) is 19.6. The lowest BCUT2D eigenvalue weighted by molar-refractivity contribution is 0.0677. The molecule has 0 aliphatic rings. The number of hydrogen-bond donors (Lipinski definition) is 0. The maximum Gasteiger partial charge on any atom is 0.339 e. The highest BCUT2D eigenvalue weighted by molar-refractivity contribution is 7.87. The first kappa shape index (κ1) is 26.0. The van der Waals surface area contributed by atoms with Gasteiger partial charge in [0.25, 0.3) is 5.91 Å². The Balaban J connectivity index is 1.90. The van der Waals surface area contributed by atoms with Crippen LogP contribution in [0, 0.1) is 5.82 Å². The van der Waals surface area contributed by atoms with Crippen LogP contribution in [0.15, 0.2) is 71.6 Å². The molecule has 0 spiro atoms. The Hall–Kier alpha value is -3.63. The van der Waals surface area contributed by atoms with E-state index in [-0.39, 0.29) is 35.4 Å². The number of para-hydroxylation sites is 1. The van der Waals surface area contributed by atoms with Gasteiger partial charge in [-0.1, -0.05) is 18.2 Å². The Kier molecular flexibility index (Phi) is 8.67. The van der Waals surface area contributed by atoms with Crippen LogP contribution in [0.25, 0.3) is 0 Å². The van der Waals surface area contributed by atoms with E-state index in [4.69, 9.17) is 18.4 Å². The summed E-state index contributed by atoms with van der Waals surface area (Å²) in [7, 11) is 0.143. The van der Waals surface area contributed by atoms with Crippen molar-refractivity contribution in [3.8, 4) is 17.2 Å². The monoisotopic (exact) mass is 503 g/mol. The van der Waals surface area contributed by atoms with Crippen molar-refractivity contribution in [1.29, 1.82) is 0 Å². The second kappa shape index (κ2) is 11.7. The van der Waals surface area contributed by atoms with Crippen LogP contribution in [0.4, 0.5) is 4.39 Å². The van der Waals surface area contributed by atoms with E-state index in [9.17, 15) is 17.6 Å². The van der Waals surface area contributed by atoms with Crippen LogP contribution in [-0.2, 0) is 21.4 Å². The minimum atomic E-state index is -4.25. The van der Waals surface area contributed by atoms with Gasteiger partial charge in [0.1, 0.15) is 16.5 Å². The molecule has 8 nitrogen and oxygen atoms in total. The highest BCUT2D eigenvalue weighted by Crippen LogP contribution is 2.32. The van der Waals surface area contributed by atoms with Crippen LogP contribution in [0.3, 0.4) is 0 Å². The number of ether oxygens (including phenoxy) is 3. The van der Waals surface area contributed by atoms with E-state index in [1.165, 1.54) is 27.4 Å². The molecule has 35 heavy (non-hydrogen) atoms. The summed E-state index contributed by atoms with van der Waals surface area (Å²) in [5.41, 5.74) is 0.976. The smallest absolute Gasteiger partial charge is 0.339 e. The first-order valence-electron chi connectivity index (χ1n) is 10.6. The van der Waals surface area contributed by atoms with Crippen LogP contribution >= 0.6 is 0 Å². The van der Waals surface area contributed by atoms with E-state index >= 15 is 0 Å². The SMILES string of the molecule is COCCN(Cc1ccc(OC)c(OS(=O)(=O)c2ccc(F)cc2)c1)C(=O)c1ccccc1OC. The average Bonchev–Trinajstić information content (AvgIpc) is 2.86. The number of amides is 1. The summed E-state index contributed by atoms with van der Waals surface area (Å²) in [6.45, 7) is 0.708. The molecule has 0 unspecified atom stereocenters. The predicted molar refractivity (Wildman–Crippen MR) is 127 cm³/mol. The highest BCUT2D eigenvalue weighted by atomic mass is 32.2. The van der Waals surface area contributed by atoms with E-state index in [0.29, 0.717) is 23.5 Å². The lowest BCUT2D eigenvalue weighted by atomic mass is 10.1. The van der Waals surface area contributed by atoms with Gasteiger partial charge in [-0.05, 0) is 54.1 Å². The summed E-state index contributed by atoms with van der Waals surface area (Å²) >= 11 is 0. The largest absolute Gasteiger partial charge is 0.496 e. The van der Waals surface area contributed by atoms with E-state index < -0.39 is 15.9 Å². The van der Waals surface area contributed by atoms with Crippen molar-refractivity contribution in [3.63, 3.8) is 0 Å². The molecule has 0 aromatic heterocycles. The molecular formula is C25H26FNO7S. The Bertz CT molecular complexity index is 1260. The number of nitrogens with zero attached hydrogens (tertiary/aromatic N) is 1. The molecule has 0 bridgehead atoms. The van der Waals surface area contributed by atoms with E-state index in [2.05, 4.69) is 0 Å². The number of methoxy groups -OCH3 is 3. The second-order valence-electron chi connectivity index (χ2n) is 7.40. The molecule has 0 aliphatic heterocycles. The molecule has 0 radical (unpaired) electrons. The quantitative estimate of drug-likeness (QED) is 0.367. The van der Waals surface area contributed by atoms with E-state index in [1.807, 2.05) is 0 Å². The molecule has 0 saturated heterocycles. The van der Waals surface area contributed by atoms with Gasteiger partial charge in [-0.3, -0.25) is 4.79 Å². The molecular weight excluding hydrogens is 477 g/mol. The fraction of sp³-hybridized carbons (Fsp3) is 0.240. The first-order valence-corrected chi connectivity index (χ1v) is 12.0. The molecule has 3 rings (SSSR count). The van der Waals surface area contributed by atoms with Gasteiger partial charge in [0.05, 0.1) is 26.4 Å². The van der Waals surface area contributed by atoms with Crippen molar-refractivity contribution < 1.29 is 36.0 Å². The number of carbonyl (C=O) groups is 1. The molecule has 1 amide bonds. The van der Waals surface area contributed by atoms with Crippen molar-refractivity contribution in [1.82, 2.24) is 4.90 Å². The Morgan fingerprint density at radius 3 is 2.23 bits per heavy atom. The summed E-state index contributed by atoms with van der Waals surface area (Å²) in [6.07, 6.45) is 0. The van der Waals surface area contributed by atoms with Gasteiger partial charge >= 0.3 is 10.1 Å². The molecule has 0 aliphatic carbocycles. The van der Waals surface area contributed by atoms with Crippen LogP contribution in [0.1, 0.15) is 15.9 Å². The van der Waals surface area contributed by atoms with Crippen molar-refractivity contribution in [2.75, 3.05) is 34.5 Å². The maximum atomic E-state index is 13.3. The Morgan fingerprint density at radius 1 is 0.886 bits per heavy atom. The highest BCUT2D eigenvalue weighted by Gasteiger charge is 2.22. The Labute approximate surface area is 203 Å². The minimum absolute atomic E-state index is 0.0641. The summed E-state index contributed by atoms with van der Waals surface area (Å²) in [4.78, 5) is 14.6. The summed E-state index contributed by atoms with van der Waals surface area (Å²) in [5.74, 6) is -0.301. The minimum Gasteiger partial charge on any atom is -0.496 e. The second-order valence-corrected chi connectivity index (χ2v) is 8.94.